The van der Waals surface area contributed by atoms with Crippen LogP contribution in [-0.4, -0.2) is 34.9 Å². The van der Waals surface area contributed by atoms with Gasteiger partial charge in [0.25, 0.3) is 5.91 Å². The van der Waals surface area contributed by atoms with Crippen LogP contribution in [0.25, 0.3) is 0 Å². The lowest BCUT2D eigenvalue weighted by atomic mass is 9.98. The second-order valence-corrected chi connectivity index (χ2v) is 8.84. The number of urea groups is 1. The van der Waals surface area contributed by atoms with E-state index in [-0.39, 0.29) is 18.3 Å². The molecule has 8 heteroatoms. The van der Waals surface area contributed by atoms with Gasteiger partial charge < -0.3 is 20.3 Å². The Kier molecular flexibility index (Phi) is 7.60. The van der Waals surface area contributed by atoms with E-state index in [0.29, 0.717) is 28.5 Å². The Morgan fingerprint density at radius 3 is 2.66 bits per heavy atom. The summed E-state index contributed by atoms with van der Waals surface area (Å²) in [6.07, 6.45) is 3.61. The summed E-state index contributed by atoms with van der Waals surface area (Å²) in [7, 11) is 0. The van der Waals surface area contributed by atoms with Crippen molar-refractivity contribution >= 4 is 17.6 Å². The topological polar surface area (TPSA) is 83.6 Å². The fourth-order valence-corrected chi connectivity index (χ4v) is 3.97. The Morgan fingerprint density at radius 1 is 1.11 bits per heavy atom. The summed E-state index contributed by atoms with van der Waals surface area (Å²) in [5.74, 6) is 0.870. The predicted molar refractivity (Wildman–Crippen MR) is 132 cm³/mol. The van der Waals surface area contributed by atoms with E-state index in [9.17, 15) is 14.0 Å². The second-order valence-electron chi connectivity index (χ2n) is 8.84. The molecule has 3 aromatic rings. The largest absolute Gasteiger partial charge is 0.439 e. The van der Waals surface area contributed by atoms with E-state index in [1.165, 1.54) is 12.1 Å². The lowest BCUT2D eigenvalue weighted by Gasteiger charge is -2.30. The number of carbonyl (C=O) groups is 2. The van der Waals surface area contributed by atoms with Crippen LogP contribution in [0.3, 0.4) is 0 Å². The maximum absolute atomic E-state index is 13.5. The van der Waals surface area contributed by atoms with Crippen molar-refractivity contribution < 1.29 is 18.7 Å². The van der Waals surface area contributed by atoms with Crippen molar-refractivity contribution in [3.63, 3.8) is 0 Å². The first kappa shape index (κ1) is 24.2. The molecule has 0 bridgehead atoms. The van der Waals surface area contributed by atoms with Crippen molar-refractivity contribution in [3.05, 3.63) is 83.3 Å². The maximum atomic E-state index is 13.5. The minimum absolute atomic E-state index is 0.0263. The molecule has 0 atom stereocenters. The summed E-state index contributed by atoms with van der Waals surface area (Å²) in [6.45, 7) is 5.79. The van der Waals surface area contributed by atoms with E-state index in [4.69, 9.17) is 4.74 Å². The van der Waals surface area contributed by atoms with E-state index >= 15 is 0 Å². The molecule has 2 heterocycles. The number of aryl methyl sites for hydroxylation is 1. The lowest BCUT2D eigenvalue weighted by molar-refractivity contribution is 0.0697. The maximum Gasteiger partial charge on any atom is 0.319 e. The van der Waals surface area contributed by atoms with E-state index in [1.807, 2.05) is 17.9 Å². The van der Waals surface area contributed by atoms with Gasteiger partial charge in [0.1, 0.15) is 11.6 Å². The molecule has 3 amide bonds. The van der Waals surface area contributed by atoms with Crippen molar-refractivity contribution in [1.29, 1.82) is 0 Å². The fourth-order valence-electron chi connectivity index (χ4n) is 3.97. The van der Waals surface area contributed by atoms with Gasteiger partial charge in [0.2, 0.25) is 5.88 Å². The van der Waals surface area contributed by atoms with Gasteiger partial charge in [-0.3, -0.25) is 4.79 Å². The smallest absolute Gasteiger partial charge is 0.319 e. The first-order valence-electron chi connectivity index (χ1n) is 11.7. The molecule has 0 saturated carbocycles. The number of ether oxygens (including phenoxy) is 1. The minimum Gasteiger partial charge on any atom is -0.439 e. The van der Waals surface area contributed by atoms with Crippen LogP contribution in [-0.2, 0) is 6.54 Å². The first-order valence-corrected chi connectivity index (χ1v) is 11.7. The van der Waals surface area contributed by atoms with Crippen LogP contribution in [0.15, 0.2) is 60.8 Å². The van der Waals surface area contributed by atoms with E-state index in [1.54, 1.807) is 42.6 Å². The van der Waals surface area contributed by atoms with Crippen LogP contribution >= 0.6 is 0 Å². The van der Waals surface area contributed by atoms with Crippen LogP contribution < -0.4 is 15.4 Å². The molecule has 2 N–H and O–H groups in total. The number of hydrogen-bond donors (Lipinski definition) is 2. The van der Waals surface area contributed by atoms with Gasteiger partial charge in [-0.25, -0.2) is 14.2 Å². The molecule has 0 spiro atoms. The number of nitrogens with one attached hydrogen (secondary N) is 2. The Bertz CT molecular complexity index is 1210. The quantitative estimate of drug-likeness (QED) is 0.491. The Morgan fingerprint density at radius 2 is 1.91 bits per heavy atom. The standard InChI is InChI=1S/C27H29FN4O3/c1-18-10-13-32(14-11-18)26(33)20-8-9-24(19(2)15-20)31-27(34)30-17-21-5-4-12-29-25(21)35-23-7-3-6-22(28)16-23/h3-9,12,15-16,18H,10-11,13-14,17H2,1-2H3,(H2,30,31,34). The molecule has 182 valence electrons. The zero-order valence-corrected chi connectivity index (χ0v) is 19.9. The number of rotatable bonds is 6. The Hall–Kier alpha value is -3.94. The van der Waals surface area contributed by atoms with Crippen LogP contribution in [0.1, 0.15) is 41.3 Å². The number of aromatic nitrogens is 1. The number of halogens is 1. The highest BCUT2D eigenvalue weighted by Gasteiger charge is 2.22. The number of piperidine rings is 1. The number of likely N-dealkylation sites (tertiary alicyclic amines) is 1. The van der Waals surface area contributed by atoms with Crippen molar-refractivity contribution in [3.8, 4) is 11.6 Å². The summed E-state index contributed by atoms with van der Waals surface area (Å²) >= 11 is 0. The van der Waals surface area contributed by atoms with Crippen molar-refractivity contribution in [1.82, 2.24) is 15.2 Å². The van der Waals surface area contributed by atoms with Crippen LogP contribution in [0, 0.1) is 18.7 Å². The number of nitrogens with zero attached hydrogens (tertiary/aromatic N) is 2. The zero-order chi connectivity index (χ0) is 24.8. The van der Waals surface area contributed by atoms with Gasteiger partial charge in [-0.1, -0.05) is 19.1 Å². The number of amides is 3. The lowest BCUT2D eigenvalue weighted by Crippen LogP contribution is -2.37. The summed E-state index contributed by atoms with van der Waals surface area (Å²) in [4.78, 5) is 31.5. The van der Waals surface area contributed by atoms with Crippen molar-refractivity contribution in [2.75, 3.05) is 18.4 Å². The monoisotopic (exact) mass is 476 g/mol. The predicted octanol–water partition coefficient (Wildman–Crippen LogP) is 5.52. The molecule has 7 nitrogen and oxygen atoms in total. The SMILES string of the molecule is Cc1cc(C(=O)N2CCC(C)CC2)ccc1NC(=O)NCc1cccnc1Oc1cccc(F)c1. The number of carbonyl (C=O) groups excluding carboxylic acids is 2. The molecule has 1 aromatic heterocycles. The molecule has 0 aliphatic carbocycles. The summed E-state index contributed by atoms with van der Waals surface area (Å²) in [5, 5.41) is 5.61. The molecule has 1 aliphatic heterocycles. The van der Waals surface area contributed by atoms with Gasteiger partial charge in [-0.15, -0.1) is 0 Å². The highest BCUT2D eigenvalue weighted by molar-refractivity contribution is 5.96. The molecule has 0 unspecified atom stereocenters. The van der Waals surface area contributed by atoms with Gasteiger partial charge >= 0.3 is 6.03 Å². The zero-order valence-electron chi connectivity index (χ0n) is 19.9. The molecule has 1 saturated heterocycles. The van der Waals surface area contributed by atoms with Crippen LogP contribution in [0.2, 0.25) is 0 Å². The number of hydrogen-bond acceptors (Lipinski definition) is 4. The van der Waals surface area contributed by atoms with Gasteiger partial charge in [0.05, 0.1) is 0 Å². The third-order valence-electron chi connectivity index (χ3n) is 6.09. The normalized spacial score (nSPS) is 13.9. The van der Waals surface area contributed by atoms with Crippen LogP contribution in [0.4, 0.5) is 14.9 Å². The van der Waals surface area contributed by atoms with Gasteiger partial charge in [-0.05, 0) is 67.6 Å². The van der Waals surface area contributed by atoms with E-state index in [0.717, 1.165) is 31.5 Å². The summed E-state index contributed by atoms with van der Waals surface area (Å²) in [6, 6.07) is 14.2. The molecular weight excluding hydrogens is 447 g/mol. The number of anilines is 1. The minimum atomic E-state index is -0.411. The highest BCUT2D eigenvalue weighted by Crippen LogP contribution is 2.24. The Labute approximate surface area is 204 Å². The first-order chi connectivity index (χ1) is 16.9. The van der Waals surface area contributed by atoms with Crippen molar-refractivity contribution in [2.24, 2.45) is 5.92 Å². The number of benzene rings is 2. The molecule has 1 fully saturated rings. The second kappa shape index (κ2) is 11.0. The van der Waals surface area contributed by atoms with Crippen LogP contribution in [0.5, 0.6) is 11.6 Å². The van der Waals surface area contributed by atoms with Gasteiger partial charge in [0.15, 0.2) is 0 Å². The van der Waals surface area contributed by atoms with Gasteiger partial charge in [0, 0.05) is 48.7 Å². The molecule has 35 heavy (non-hydrogen) atoms. The Balaban J connectivity index is 1.35. The van der Waals surface area contributed by atoms with Crippen molar-refractivity contribution in [2.45, 2.75) is 33.2 Å². The summed E-state index contributed by atoms with van der Waals surface area (Å²) in [5.41, 5.74) is 2.68. The van der Waals surface area contributed by atoms with E-state index < -0.39 is 11.8 Å². The fraction of sp³-hybridized carbons (Fsp3) is 0.296. The highest BCUT2D eigenvalue weighted by atomic mass is 19.1. The third kappa shape index (κ3) is 6.35. The van der Waals surface area contributed by atoms with E-state index in [2.05, 4.69) is 22.5 Å². The average molecular weight is 477 g/mol. The average Bonchev–Trinajstić information content (AvgIpc) is 2.85. The third-order valence-corrected chi connectivity index (χ3v) is 6.09. The molecule has 1 aliphatic rings. The molecule has 2 aromatic carbocycles. The van der Waals surface area contributed by atoms with Gasteiger partial charge in [-0.2, -0.15) is 0 Å². The summed E-state index contributed by atoms with van der Waals surface area (Å²) < 4.78 is 19.1. The number of pyridine rings is 1. The molecule has 0 radical (unpaired) electrons. The molecular formula is C27H29FN4O3. The molecule has 4 rings (SSSR count).